The molecule has 0 aliphatic carbocycles. The first-order valence-corrected chi connectivity index (χ1v) is 7.42. The molecule has 2 rings (SSSR count). The van der Waals surface area contributed by atoms with E-state index in [1.54, 1.807) is 0 Å². The smallest absolute Gasteiger partial charge is 0.506 e. The number of phenols is 1. The van der Waals surface area contributed by atoms with E-state index >= 15 is 0 Å². The van der Waals surface area contributed by atoms with Crippen molar-refractivity contribution in [1.29, 1.82) is 0 Å². The van der Waals surface area contributed by atoms with Crippen LogP contribution in [0.2, 0.25) is 0 Å². The summed E-state index contributed by atoms with van der Waals surface area (Å²) in [6.45, 7) is 0. The quantitative estimate of drug-likeness (QED) is 0.655. The number of ether oxygens (including phenoxy) is 1. The fraction of sp³-hybridized carbons (Fsp3) is 0.0769. The van der Waals surface area contributed by atoms with Crippen LogP contribution in [0.1, 0.15) is 0 Å². The molecular weight excluding hydrogens is 342 g/mol. The third-order valence-corrected chi connectivity index (χ3v) is 3.95. The number of halogens is 4. The van der Waals surface area contributed by atoms with Crippen LogP contribution in [0.4, 0.5) is 23.2 Å². The van der Waals surface area contributed by atoms with Crippen molar-refractivity contribution in [3.05, 3.63) is 48.3 Å². The summed E-state index contributed by atoms with van der Waals surface area (Å²) in [5.74, 6) is -1.88. The van der Waals surface area contributed by atoms with E-state index in [1.165, 1.54) is 0 Å². The van der Waals surface area contributed by atoms with E-state index in [-0.39, 0.29) is 0 Å². The van der Waals surface area contributed by atoms with Gasteiger partial charge in [-0.1, -0.05) is 0 Å². The van der Waals surface area contributed by atoms with E-state index in [2.05, 4.69) is 4.74 Å². The minimum atomic E-state index is -4.90. The molecule has 0 aliphatic rings. The second kappa shape index (κ2) is 5.95. The lowest BCUT2D eigenvalue weighted by Gasteiger charge is -2.11. The van der Waals surface area contributed by atoms with Crippen LogP contribution in [0.5, 0.6) is 11.5 Å². The summed E-state index contributed by atoms with van der Waals surface area (Å²) in [6, 6.07) is 6.01. The van der Waals surface area contributed by atoms with Crippen molar-refractivity contribution < 1.29 is 35.8 Å². The van der Waals surface area contributed by atoms with Crippen molar-refractivity contribution in [2.24, 2.45) is 0 Å². The van der Waals surface area contributed by atoms with Crippen LogP contribution in [-0.2, 0) is 10.0 Å². The molecule has 0 heterocycles. The molecule has 0 saturated heterocycles. The zero-order chi connectivity index (χ0) is 17.3. The van der Waals surface area contributed by atoms with Gasteiger partial charge in [0, 0.05) is 6.07 Å². The van der Waals surface area contributed by atoms with Gasteiger partial charge in [0.15, 0.2) is 0 Å². The number of rotatable bonds is 4. The summed E-state index contributed by atoms with van der Waals surface area (Å²) in [5.41, 5.74) is -0.402. The molecule has 2 N–H and O–H groups in total. The number of benzene rings is 2. The van der Waals surface area contributed by atoms with Crippen LogP contribution in [0.3, 0.4) is 0 Å². The Bertz CT molecular complexity index is 804. The van der Waals surface area contributed by atoms with Gasteiger partial charge >= 0.3 is 6.36 Å². The van der Waals surface area contributed by atoms with Crippen molar-refractivity contribution in [3.8, 4) is 11.5 Å². The fourth-order valence-electron chi connectivity index (χ4n) is 1.61. The molecule has 0 saturated carbocycles. The Labute approximate surface area is 128 Å². The van der Waals surface area contributed by atoms with E-state index in [4.69, 9.17) is 0 Å². The monoisotopic (exact) mass is 351 g/mol. The summed E-state index contributed by atoms with van der Waals surface area (Å²) in [4.78, 5) is -0.393. The second-order valence-electron chi connectivity index (χ2n) is 4.29. The van der Waals surface area contributed by atoms with Crippen molar-refractivity contribution in [3.63, 3.8) is 0 Å². The topological polar surface area (TPSA) is 75.6 Å². The predicted octanol–water partition coefficient (Wildman–Crippen LogP) is 3.23. The van der Waals surface area contributed by atoms with E-state index < -0.39 is 44.3 Å². The molecule has 0 amide bonds. The van der Waals surface area contributed by atoms with Crippen LogP contribution in [0.15, 0.2) is 47.4 Å². The molecule has 5 nitrogen and oxygen atoms in total. The summed E-state index contributed by atoms with van der Waals surface area (Å²) in [6.07, 6.45) is -4.90. The molecule has 0 radical (unpaired) electrons. The van der Waals surface area contributed by atoms with E-state index in [9.17, 15) is 31.1 Å². The molecule has 0 fully saturated rings. The van der Waals surface area contributed by atoms with Gasteiger partial charge in [-0.15, -0.1) is 13.2 Å². The fourth-order valence-corrected chi connectivity index (χ4v) is 2.68. The van der Waals surface area contributed by atoms with Gasteiger partial charge in [0.05, 0.1) is 10.6 Å². The van der Waals surface area contributed by atoms with Gasteiger partial charge in [-0.3, -0.25) is 4.72 Å². The molecule has 124 valence electrons. The van der Waals surface area contributed by atoms with Gasteiger partial charge in [-0.2, -0.15) is 0 Å². The van der Waals surface area contributed by atoms with Gasteiger partial charge in [0.25, 0.3) is 10.0 Å². The van der Waals surface area contributed by atoms with E-state index in [1.807, 2.05) is 4.72 Å². The lowest BCUT2D eigenvalue weighted by molar-refractivity contribution is -0.274. The molecule has 0 atom stereocenters. The van der Waals surface area contributed by atoms with Crippen LogP contribution in [0.25, 0.3) is 0 Å². The molecule has 0 spiro atoms. The molecule has 2 aromatic rings. The lowest BCUT2D eigenvalue weighted by Crippen LogP contribution is -2.17. The van der Waals surface area contributed by atoms with Crippen molar-refractivity contribution >= 4 is 15.7 Å². The number of nitrogens with one attached hydrogen (secondary N) is 1. The van der Waals surface area contributed by atoms with Crippen molar-refractivity contribution in [1.82, 2.24) is 0 Å². The number of anilines is 1. The normalized spacial score (nSPS) is 12.0. The lowest BCUT2D eigenvalue weighted by atomic mass is 10.3. The summed E-state index contributed by atoms with van der Waals surface area (Å²) in [5, 5.41) is 9.48. The van der Waals surface area contributed by atoms with Gasteiger partial charge in [0.1, 0.15) is 17.3 Å². The first-order chi connectivity index (χ1) is 10.6. The first-order valence-electron chi connectivity index (χ1n) is 5.94. The highest BCUT2D eigenvalue weighted by Gasteiger charge is 2.31. The molecule has 0 aromatic heterocycles. The Kier molecular flexibility index (Phi) is 4.37. The molecule has 0 bridgehead atoms. The molecule has 0 unspecified atom stereocenters. The number of alkyl halides is 3. The third-order valence-electron chi connectivity index (χ3n) is 2.57. The average molecular weight is 351 g/mol. The molecule has 23 heavy (non-hydrogen) atoms. The standard InChI is InChI=1S/C13H9F4NO4S/c14-8-1-6-12(19)11(7-8)18-23(20,21)10-4-2-9(3-5-10)22-13(15,16)17/h1-7,18-19H. The molecule has 2 aromatic carbocycles. The largest absolute Gasteiger partial charge is 0.573 e. The number of hydrogen-bond acceptors (Lipinski definition) is 4. The summed E-state index contributed by atoms with van der Waals surface area (Å²) >= 11 is 0. The Morgan fingerprint density at radius 3 is 2.22 bits per heavy atom. The minimum absolute atomic E-state index is 0.393. The minimum Gasteiger partial charge on any atom is -0.506 e. The van der Waals surface area contributed by atoms with Gasteiger partial charge in [-0.05, 0) is 36.4 Å². The first kappa shape index (κ1) is 16.9. The second-order valence-corrected chi connectivity index (χ2v) is 5.97. The van der Waals surface area contributed by atoms with Gasteiger partial charge in [-0.25, -0.2) is 12.8 Å². The number of phenolic OH excluding ortho intramolecular Hbond substituents is 1. The maximum Gasteiger partial charge on any atom is 0.573 e. The van der Waals surface area contributed by atoms with Crippen LogP contribution in [0, 0.1) is 5.82 Å². The van der Waals surface area contributed by atoms with Crippen molar-refractivity contribution in [2.45, 2.75) is 11.3 Å². The average Bonchev–Trinajstić information content (AvgIpc) is 2.41. The van der Waals surface area contributed by atoms with Crippen molar-refractivity contribution in [2.75, 3.05) is 4.72 Å². The zero-order valence-corrected chi connectivity index (χ0v) is 12.0. The predicted molar refractivity (Wildman–Crippen MR) is 72.0 cm³/mol. The summed E-state index contributed by atoms with van der Waals surface area (Å²) in [7, 11) is -4.23. The Morgan fingerprint density at radius 1 is 1.04 bits per heavy atom. The molecular formula is C13H9F4NO4S. The van der Waals surface area contributed by atoms with E-state index in [0.717, 1.165) is 42.5 Å². The van der Waals surface area contributed by atoms with Gasteiger partial charge < -0.3 is 9.84 Å². The van der Waals surface area contributed by atoms with Crippen LogP contribution < -0.4 is 9.46 Å². The highest BCUT2D eigenvalue weighted by Crippen LogP contribution is 2.28. The number of sulfonamides is 1. The summed E-state index contributed by atoms with van der Waals surface area (Å²) < 4.78 is 78.8. The van der Waals surface area contributed by atoms with Gasteiger partial charge in [0.2, 0.25) is 0 Å². The number of hydrogen-bond donors (Lipinski definition) is 2. The maximum atomic E-state index is 13.1. The SMILES string of the molecule is O=S(=O)(Nc1cc(F)ccc1O)c1ccc(OC(F)(F)F)cc1. The van der Waals surface area contributed by atoms with E-state index in [0.29, 0.717) is 0 Å². The highest BCUT2D eigenvalue weighted by atomic mass is 32.2. The molecule has 0 aliphatic heterocycles. The Hall–Kier alpha value is -2.49. The number of aromatic hydroxyl groups is 1. The van der Waals surface area contributed by atoms with Crippen LogP contribution in [-0.4, -0.2) is 19.9 Å². The Morgan fingerprint density at radius 2 is 1.65 bits per heavy atom. The third kappa shape index (κ3) is 4.49. The van der Waals surface area contributed by atoms with Crippen LogP contribution >= 0.6 is 0 Å². The Balaban J connectivity index is 2.24. The zero-order valence-electron chi connectivity index (χ0n) is 11.1. The highest BCUT2D eigenvalue weighted by molar-refractivity contribution is 7.92. The maximum absolute atomic E-state index is 13.1. The molecule has 10 heteroatoms.